The number of halogens is 1. The van der Waals surface area contributed by atoms with Crippen molar-refractivity contribution in [2.45, 2.75) is 25.9 Å². The largest absolute Gasteiger partial charge is 0.496 e. The van der Waals surface area contributed by atoms with E-state index in [1.807, 2.05) is 24.4 Å². The van der Waals surface area contributed by atoms with E-state index in [4.69, 9.17) is 4.74 Å². The maximum absolute atomic E-state index is 5.44. The predicted octanol–water partition coefficient (Wildman–Crippen LogP) is 4.09. The number of pyridine rings is 1. The first kappa shape index (κ1) is 15.0. The molecule has 0 saturated heterocycles. The van der Waals surface area contributed by atoms with E-state index in [0.29, 0.717) is 0 Å². The maximum atomic E-state index is 5.44. The fourth-order valence-electron chi connectivity index (χ4n) is 2.22. The zero-order chi connectivity index (χ0) is 14.4. The summed E-state index contributed by atoms with van der Waals surface area (Å²) < 4.78 is 6.44. The Balaban J connectivity index is 2.09. The van der Waals surface area contributed by atoms with Crippen molar-refractivity contribution in [2.75, 3.05) is 7.11 Å². The second-order valence-electron chi connectivity index (χ2n) is 4.60. The fraction of sp³-hybridized carbons (Fsp3) is 0.312. The molecule has 3 nitrogen and oxygen atoms in total. The van der Waals surface area contributed by atoms with Crippen LogP contribution in [0, 0.1) is 0 Å². The second kappa shape index (κ2) is 7.41. The van der Waals surface area contributed by atoms with Crippen LogP contribution in [-0.4, -0.2) is 12.1 Å². The van der Waals surface area contributed by atoms with Gasteiger partial charge in [-0.1, -0.05) is 25.1 Å². The molecule has 1 aromatic heterocycles. The molecule has 2 aromatic rings. The van der Waals surface area contributed by atoms with Gasteiger partial charge in [-0.2, -0.15) is 0 Å². The molecule has 0 spiro atoms. The number of nitrogens with one attached hydrogen (secondary N) is 1. The van der Waals surface area contributed by atoms with Gasteiger partial charge < -0.3 is 10.1 Å². The normalized spacial score (nSPS) is 12.2. The van der Waals surface area contributed by atoms with E-state index in [-0.39, 0.29) is 6.04 Å². The van der Waals surface area contributed by atoms with Gasteiger partial charge >= 0.3 is 0 Å². The average molecular weight is 335 g/mol. The van der Waals surface area contributed by atoms with Gasteiger partial charge in [0.15, 0.2) is 0 Å². The standard InChI is InChI=1S/C16H19BrN2O/c1-3-15(14-6-4-5-7-16(14)20-2)19-10-12-8-13(17)11-18-9-12/h4-9,11,15,19H,3,10H2,1-2H3. The third-order valence-electron chi connectivity index (χ3n) is 3.24. The van der Waals surface area contributed by atoms with Gasteiger partial charge in [-0.3, -0.25) is 4.98 Å². The number of methoxy groups -OCH3 is 1. The van der Waals surface area contributed by atoms with Crippen LogP contribution in [-0.2, 0) is 6.54 Å². The lowest BCUT2D eigenvalue weighted by Gasteiger charge is -2.20. The number of benzene rings is 1. The Kier molecular flexibility index (Phi) is 5.56. The predicted molar refractivity (Wildman–Crippen MR) is 84.8 cm³/mol. The molecule has 0 aliphatic heterocycles. The summed E-state index contributed by atoms with van der Waals surface area (Å²) >= 11 is 3.44. The number of hydrogen-bond donors (Lipinski definition) is 1. The van der Waals surface area contributed by atoms with Crippen LogP contribution >= 0.6 is 15.9 Å². The van der Waals surface area contributed by atoms with E-state index in [0.717, 1.165) is 28.8 Å². The van der Waals surface area contributed by atoms with E-state index in [2.05, 4.69) is 45.3 Å². The highest BCUT2D eigenvalue weighted by molar-refractivity contribution is 9.10. The monoisotopic (exact) mass is 334 g/mol. The molecular formula is C16H19BrN2O. The molecule has 0 radical (unpaired) electrons. The number of para-hydroxylation sites is 1. The highest BCUT2D eigenvalue weighted by Crippen LogP contribution is 2.27. The summed E-state index contributed by atoms with van der Waals surface area (Å²) in [7, 11) is 1.71. The fourth-order valence-corrected chi connectivity index (χ4v) is 2.63. The van der Waals surface area contributed by atoms with Crippen LogP contribution in [0.1, 0.15) is 30.5 Å². The smallest absolute Gasteiger partial charge is 0.123 e. The molecule has 0 bridgehead atoms. The SMILES string of the molecule is CCC(NCc1cncc(Br)c1)c1ccccc1OC. The van der Waals surface area contributed by atoms with Crippen molar-refractivity contribution in [3.05, 3.63) is 58.3 Å². The van der Waals surface area contributed by atoms with Crippen molar-refractivity contribution in [2.24, 2.45) is 0 Å². The van der Waals surface area contributed by atoms with Gasteiger partial charge in [0.1, 0.15) is 5.75 Å². The molecule has 0 aliphatic carbocycles. The Morgan fingerprint density at radius 2 is 2.10 bits per heavy atom. The van der Waals surface area contributed by atoms with E-state index in [1.54, 1.807) is 13.3 Å². The number of ether oxygens (including phenoxy) is 1. The summed E-state index contributed by atoms with van der Waals surface area (Å²) in [5.41, 5.74) is 2.35. The van der Waals surface area contributed by atoms with E-state index >= 15 is 0 Å². The first-order valence-electron chi connectivity index (χ1n) is 6.70. The number of aromatic nitrogens is 1. The first-order chi connectivity index (χ1) is 9.74. The van der Waals surface area contributed by atoms with Crippen LogP contribution < -0.4 is 10.1 Å². The van der Waals surface area contributed by atoms with Gasteiger partial charge in [0.25, 0.3) is 0 Å². The molecule has 0 saturated carbocycles. The van der Waals surface area contributed by atoms with Crippen molar-refractivity contribution < 1.29 is 4.74 Å². The summed E-state index contributed by atoms with van der Waals surface area (Å²) in [5.74, 6) is 0.930. The van der Waals surface area contributed by atoms with Crippen molar-refractivity contribution in [1.82, 2.24) is 10.3 Å². The summed E-state index contributed by atoms with van der Waals surface area (Å²) in [5, 5.41) is 3.56. The minimum atomic E-state index is 0.269. The summed E-state index contributed by atoms with van der Waals surface area (Å²) in [6, 6.07) is 10.5. The number of nitrogens with zero attached hydrogens (tertiary/aromatic N) is 1. The molecule has 1 aromatic carbocycles. The van der Waals surface area contributed by atoms with E-state index in [1.165, 1.54) is 5.56 Å². The zero-order valence-corrected chi connectivity index (χ0v) is 13.4. The molecule has 1 heterocycles. The Bertz CT molecular complexity index is 560. The molecule has 0 amide bonds. The minimum Gasteiger partial charge on any atom is -0.496 e. The van der Waals surface area contributed by atoms with Crippen LogP contribution in [0.3, 0.4) is 0 Å². The van der Waals surface area contributed by atoms with Crippen LogP contribution in [0.15, 0.2) is 47.2 Å². The topological polar surface area (TPSA) is 34.2 Å². The summed E-state index contributed by atoms with van der Waals surface area (Å²) in [4.78, 5) is 4.18. The molecule has 20 heavy (non-hydrogen) atoms. The van der Waals surface area contributed by atoms with Crippen LogP contribution in [0.5, 0.6) is 5.75 Å². The molecule has 1 unspecified atom stereocenters. The number of rotatable bonds is 6. The molecule has 4 heteroatoms. The van der Waals surface area contributed by atoms with Gasteiger partial charge in [0, 0.05) is 35.0 Å². The second-order valence-corrected chi connectivity index (χ2v) is 5.51. The summed E-state index contributed by atoms with van der Waals surface area (Å²) in [6.45, 7) is 2.95. The zero-order valence-electron chi connectivity index (χ0n) is 11.8. The van der Waals surface area contributed by atoms with Crippen molar-refractivity contribution >= 4 is 15.9 Å². The van der Waals surface area contributed by atoms with Gasteiger partial charge in [0.05, 0.1) is 7.11 Å². The number of hydrogen-bond acceptors (Lipinski definition) is 3. The van der Waals surface area contributed by atoms with E-state index < -0.39 is 0 Å². The molecule has 106 valence electrons. The Labute approximate surface area is 128 Å². The molecular weight excluding hydrogens is 316 g/mol. The third-order valence-corrected chi connectivity index (χ3v) is 3.67. The lowest BCUT2D eigenvalue weighted by Crippen LogP contribution is -2.21. The molecule has 1 N–H and O–H groups in total. The Morgan fingerprint density at radius 3 is 2.80 bits per heavy atom. The highest BCUT2D eigenvalue weighted by atomic mass is 79.9. The Morgan fingerprint density at radius 1 is 1.30 bits per heavy atom. The maximum Gasteiger partial charge on any atom is 0.123 e. The van der Waals surface area contributed by atoms with Crippen LogP contribution in [0.25, 0.3) is 0 Å². The highest BCUT2D eigenvalue weighted by Gasteiger charge is 2.13. The van der Waals surface area contributed by atoms with Crippen LogP contribution in [0.2, 0.25) is 0 Å². The summed E-state index contributed by atoms with van der Waals surface area (Å²) in [6.07, 6.45) is 4.68. The quantitative estimate of drug-likeness (QED) is 0.863. The minimum absolute atomic E-state index is 0.269. The van der Waals surface area contributed by atoms with E-state index in [9.17, 15) is 0 Å². The Hall–Kier alpha value is -1.39. The molecule has 0 aliphatic rings. The van der Waals surface area contributed by atoms with Gasteiger partial charge in [0.2, 0.25) is 0 Å². The average Bonchev–Trinajstić information content (AvgIpc) is 2.48. The lowest BCUT2D eigenvalue weighted by molar-refractivity contribution is 0.396. The first-order valence-corrected chi connectivity index (χ1v) is 7.49. The van der Waals surface area contributed by atoms with Gasteiger partial charge in [-0.05, 0) is 40.0 Å². The van der Waals surface area contributed by atoms with Crippen LogP contribution in [0.4, 0.5) is 0 Å². The molecule has 2 rings (SSSR count). The third kappa shape index (κ3) is 3.81. The van der Waals surface area contributed by atoms with Crippen molar-refractivity contribution in [1.29, 1.82) is 0 Å². The van der Waals surface area contributed by atoms with Crippen molar-refractivity contribution in [3.8, 4) is 5.75 Å². The molecule has 1 atom stereocenters. The van der Waals surface area contributed by atoms with Gasteiger partial charge in [-0.25, -0.2) is 0 Å². The molecule has 0 fully saturated rings. The van der Waals surface area contributed by atoms with Gasteiger partial charge in [-0.15, -0.1) is 0 Å². The lowest BCUT2D eigenvalue weighted by atomic mass is 10.0. The van der Waals surface area contributed by atoms with Crippen molar-refractivity contribution in [3.63, 3.8) is 0 Å².